The van der Waals surface area contributed by atoms with Crippen molar-refractivity contribution in [3.8, 4) is 5.75 Å². The number of methoxy groups -OCH3 is 1. The quantitative estimate of drug-likeness (QED) is 0.593. The third kappa shape index (κ3) is 4.05. The van der Waals surface area contributed by atoms with Crippen molar-refractivity contribution in [3.05, 3.63) is 52.5 Å². The number of halogens is 1. The Morgan fingerprint density at radius 3 is 2.70 bits per heavy atom. The zero-order chi connectivity index (χ0) is 18.8. The Hall–Kier alpha value is -1.83. The second-order valence-corrected chi connectivity index (χ2v) is 8.46. The highest BCUT2D eigenvalue weighted by molar-refractivity contribution is 9.10. The molecule has 0 aliphatic carbocycles. The van der Waals surface area contributed by atoms with E-state index in [2.05, 4.69) is 26.9 Å². The molecule has 0 saturated carbocycles. The standard InChI is InChI=1S/C20H21BrN4OS/c1-26-18-7-6-14(21)10-13(18)12-27-20-19(25-9-8-15(22)11-25)23-16-4-2-3-5-17(16)24-20/h2-7,10,15H,8-9,11-12,22H2,1H3. The molecule has 1 fully saturated rings. The van der Waals surface area contributed by atoms with E-state index in [9.17, 15) is 0 Å². The highest BCUT2D eigenvalue weighted by Crippen LogP contribution is 2.35. The summed E-state index contributed by atoms with van der Waals surface area (Å²) in [4.78, 5) is 12.1. The van der Waals surface area contributed by atoms with Crippen molar-refractivity contribution in [1.82, 2.24) is 9.97 Å². The number of para-hydroxylation sites is 2. The van der Waals surface area contributed by atoms with Gasteiger partial charge in [0.1, 0.15) is 10.8 Å². The SMILES string of the molecule is COc1ccc(Br)cc1CSc1nc2ccccc2nc1N1CCC(N)C1. The molecule has 4 rings (SSSR count). The molecule has 1 atom stereocenters. The highest BCUT2D eigenvalue weighted by Gasteiger charge is 2.24. The van der Waals surface area contributed by atoms with E-state index < -0.39 is 0 Å². The molecule has 0 spiro atoms. The van der Waals surface area contributed by atoms with Gasteiger partial charge in [-0.1, -0.05) is 39.8 Å². The maximum atomic E-state index is 6.13. The number of hydrogen-bond donors (Lipinski definition) is 1. The minimum Gasteiger partial charge on any atom is -0.496 e. The van der Waals surface area contributed by atoms with Crippen LogP contribution in [0.15, 0.2) is 52.0 Å². The first-order chi connectivity index (χ1) is 13.1. The zero-order valence-electron chi connectivity index (χ0n) is 15.1. The summed E-state index contributed by atoms with van der Waals surface area (Å²) in [5.74, 6) is 2.56. The Kier molecular flexibility index (Phi) is 5.52. The van der Waals surface area contributed by atoms with Crippen LogP contribution >= 0.6 is 27.7 Å². The first-order valence-corrected chi connectivity index (χ1v) is 10.6. The van der Waals surface area contributed by atoms with Crippen LogP contribution in [0.3, 0.4) is 0 Å². The molecule has 0 radical (unpaired) electrons. The molecule has 0 amide bonds. The third-order valence-corrected chi connectivity index (χ3v) is 6.15. The van der Waals surface area contributed by atoms with Crippen LogP contribution in [0.4, 0.5) is 5.82 Å². The molecular formula is C20H21BrN4OS. The molecular weight excluding hydrogens is 424 g/mol. The van der Waals surface area contributed by atoms with E-state index in [4.69, 9.17) is 20.4 Å². The highest BCUT2D eigenvalue weighted by atomic mass is 79.9. The average molecular weight is 445 g/mol. The van der Waals surface area contributed by atoms with E-state index in [1.807, 2.05) is 36.4 Å². The van der Waals surface area contributed by atoms with Crippen molar-refractivity contribution in [3.63, 3.8) is 0 Å². The first-order valence-electron chi connectivity index (χ1n) is 8.86. The number of benzene rings is 2. The molecule has 5 nitrogen and oxygen atoms in total. The van der Waals surface area contributed by atoms with Gasteiger partial charge in [0.2, 0.25) is 0 Å². The van der Waals surface area contributed by atoms with Crippen LogP contribution in [-0.4, -0.2) is 36.2 Å². The van der Waals surface area contributed by atoms with Crippen molar-refractivity contribution in [1.29, 1.82) is 0 Å². The summed E-state index contributed by atoms with van der Waals surface area (Å²) in [7, 11) is 1.70. The molecule has 1 aliphatic heterocycles. The molecule has 140 valence electrons. The lowest BCUT2D eigenvalue weighted by atomic mass is 10.2. The summed E-state index contributed by atoms with van der Waals surface area (Å²) in [6.07, 6.45) is 0.984. The first kappa shape index (κ1) is 18.5. The molecule has 7 heteroatoms. The lowest BCUT2D eigenvalue weighted by molar-refractivity contribution is 0.411. The Morgan fingerprint density at radius 1 is 1.22 bits per heavy atom. The summed E-state index contributed by atoms with van der Waals surface area (Å²) in [6, 6.07) is 14.3. The normalized spacial score (nSPS) is 16.9. The van der Waals surface area contributed by atoms with E-state index >= 15 is 0 Å². The Labute approximate surface area is 171 Å². The number of rotatable bonds is 5. The molecule has 2 N–H and O–H groups in total. The number of hydrogen-bond acceptors (Lipinski definition) is 6. The maximum absolute atomic E-state index is 6.13. The fourth-order valence-electron chi connectivity index (χ4n) is 3.26. The van der Waals surface area contributed by atoms with Crippen molar-refractivity contribution in [2.45, 2.75) is 23.2 Å². The van der Waals surface area contributed by atoms with Crippen molar-refractivity contribution in [2.75, 3.05) is 25.1 Å². The summed E-state index contributed by atoms with van der Waals surface area (Å²) in [5, 5.41) is 0.935. The third-order valence-electron chi connectivity index (χ3n) is 4.65. The molecule has 1 aliphatic rings. The molecule has 3 aromatic rings. The minimum absolute atomic E-state index is 0.196. The topological polar surface area (TPSA) is 64.3 Å². The predicted octanol–water partition coefficient (Wildman–Crippen LogP) is 4.23. The second-order valence-electron chi connectivity index (χ2n) is 6.58. The van der Waals surface area contributed by atoms with Crippen LogP contribution in [0.1, 0.15) is 12.0 Å². The van der Waals surface area contributed by atoms with Crippen LogP contribution in [-0.2, 0) is 5.75 Å². The van der Waals surface area contributed by atoms with E-state index in [1.54, 1.807) is 18.9 Å². The van der Waals surface area contributed by atoms with Gasteiger partial charge in [-0.05, 0) is 36.8 Å². The van der Waals surface area contributed by atoms with Gasteiger partial charge in [-0.15, -0.1) is 0 Å². The number of anilines is 1. The smallest absolute Gasteiger partial charge is 0.162 e. The van der Waals surface area contributed by atoms with E-state index in [1.165, 1.54) is 0 Å². The van der Waals surface area contributed by atoms with Crippen LogP contribution < -0.4 is 15.4 Å². The summed E-state index contributed by atoms with van der Waals surface area (Å²) >= 11 is 5.23. The Bertz CT molecular complexity index is 968. The summed E-state index contributed by atoms with van der Waals surface area (Å²) in [6.45, 7) is 1.74. The van der Waals surface area contributed by atoms with Gasteiger partial charge in [0.05, 0.1) is 18.1 Å². The molecule has 1 saturated heterocycles. The zero-order valence-corrected chi connectivity index (χ0v) is 17.5. The largest absolute Gasteiger partial charge is 0.496 e. The molecule has 1 unspecified atom stereocenters. The van der Waals surface area contributed by atoms with Crippen molar-refractivity contribution >= 4 is 44.5 Å². The van der Waals surface area contributed by atoms with Gasteiger partial charge < -0.3 is 15.4 Å². The van der Waals surface area contributed by atoms with E-state index in [0.717, 1.165) is 62.9 Å². The van der Waals surface area contributed by atoms with Crippen LogP contribution in [0.25, 0.3) is 11.0 Å². The average Bonchev–Trinajstić information content (AvgIpc) is 3.12. The van der Waals surface area contributed by atoms with Crippen LogP contribution in [0, 0.1) is 0 Å². The number of nitrogens with zero attached hydrogens (tertiary/aromatic N) is 3. The number of ether oxygens (including phenoxy) is 1. The van der Waals surface area contributed by atoms with Gasteiger partial charge in [0.15, 0.2) is 5.82 Å². The predicted molar refractivity (Wildman–Crippen MR) is 115 cm³/mol. The summed E-state index contributed by atoms with van der Waals surface area (Å²) in [5.41, 5.74) is 9.07. The molecule has 2 heterocycles. The van der Waals surface area contributed by atoms with Gasteiger partial charge in [-0.3, -0.25) is 0 Å². The summed E-state index contributed by atoms with van der Waals surface area (Å²) < 4.78 is 6.54. The van der Waals surface area contributed by atoms with E-state index in [-0.39, 0.29) is 6.04 Å². The van der Waals surface area contributed by atoms with Gasteiger partial charge in [0, 0.05) is 34.9 Å². The fraction of sp³-hybridized carbons (Fsp3) is 0.300. The van der Waals surface area contributed by atoms with Gasteiger partial charge in [-0.25, -0.2) is 9.97 Å². The molecule has 2 aromatic carbocycles. The minimum atomic E-state index is 0.196. The molecule has 1 aromatic heterocycles. The molecule has 0 bridgehead atoms. The fourth-order valence-corrected chi connectivity index (χ4v) is 4.66. The number of aromatic nitrogens is 2. The number of fused-ring (bicyclic) bond motifs is 1. The van der Waals surface area contributed by atoms with Gasteiger partial charge >= 0.3 is 0 Å². The van der Waals surface area contributed by atoms with Gasteiger partial charge in [0.25, 0.3) is 0 Å². The van der Waals surface area contributed by atoms with E-state index in [0.29, 0.717) is 0 Å². The Morgan fingerprint density at radius 2 is 2.00 bits per heavy atom. The second kappa shape index (κ2) is 8.04. The van der Waals surface area contributed by atoms with Crippen LogP contribution in [0.2, 0.25) is 0 Å². The van der Waals surface area contributed by atoms with Gasteiger partial charge in [-0.2, -0.15) is 0 Å². The van der Waals surface area contributed by atoms with Crippen LogP contribution in [0.5, 0.6) is 5.75 Å². The number of nitrogens with two attached hydrogens (primary N) is 1. The lowest BCUT2D eigenvalue weighted by Crippen LogP contribution is -2.27. The molecule has 27 heavy (non-hydrogen) atoms. The van der Waals surface area contributed by atoms with Crippen molar-refractivity contribution in [2.24, 2.45) is 5.73 Å². The lowest BCUT2D eigenvalue weighted by Gasteiger charge is -2.20. The number of thioether (sulfide) groups is 1. The maximum Gasteiger partial charge on any atom is 0.162 e. The monoisotopic (exact) mass is 444 g/mol. The Balaban J connectivity index is 1.68. The van der Waals surface area contributed by atoms with Crippen molar-refractivity contribution < 1.29 is 4.74 Å².